The largest absolute Gasteiger partial charge is 0.465 e. The SMILES string of the molecule is COC(=O)c1cccc(N2CC(CS(N)(=O)=O)CC2=O)c1F. The lowest BCUT2D eigenvalue weighted by atomic mass is 10.1. The van der Waals surface area contributed by atoms with E-state index in [1.807, 2.05) is 0 Å². The van der Waals surface area contributed by atoms with Gasteiger partial charge in [0.2, 0.25) is 15.9 Å². The second kappa shape index (κ2) is 6.01. The lowest BCUT2D eigenvalue weighted by Gasteiger charge is -2.18. The highest BCUT2D eigenvalue weighted by Crippen LogP contribution is 2.29. The van der Waals surface area contributed by atoms with Crippen molar-refractivity contribution in [3.05, 3.63) is 29.6 Å². The summed E-state index contributed by atoms with van der Waals surface area (Å²) < 4.78 is 41.0. The van der Waals surface area contributed by atoms with Crippen LogP contribution in [0.3, 0.4) is 0 Å². The van der Waals surface area contributed by atoms with Crippen molar-refractivity contribution in [2.24, 2.45) is 11.1 Å². The molecule has 1 saturated heterocycles. The Bertz CT molecular complexity index is 719. The summed E-state index contributed by atoms with van der Waals surface area (Å²) >= 11 is 0. The van der Waals surface area contributed by atoms with Crippen LogP contribution >= 0.6 is 0 Å². The molecule has 0 saturated carbocycles. The van der Waals surface area contributed by atoms with Gasteiger partial charge in [0, 0.05) is 18.9 Å². The summed E-state index contributed by atoms with van der Waals surface area (Å²) in [4.78, 5) is 24.6. The van der Waals surface area contributed by atoms with Crippen molar-refractivity contribution in [1.82, 2.24) is 0 Å². The quantitative estimate of drug-likeness (QED) is 0.797. The number of anilines is 1. The molecule has 7 nitrogen and oxygen atoms in total. The number of ether oxygens (including phenoxy) is 1. The van der Waals surface area contributed by atoms with Crippen LogP contribution in [0.15, 0.2) is 18.2 Å². The number of carbonyl (C=O) groups excluding carboxylic acids is 2. The molecule has 1 aromatic carbocycles. The van der Waals surface area contributed by atoms with Crippen molar-refractivity contribution in [1.29, 1.82) is 0 Å². The zero-order chi connectivity index (χ0) is 16.5. The molecule has 1 unspecified atom stereocenters. The maximum Gasteiger partial charge on any atom is 0.340 e. The summed E-state index contributed by atoms with van der Waals surface area (Å²) in [7, 11) is -2.60. The van der Waals surface area contributed by atoms with Crippen molar-refractivity contribution in [2.45, 2.75) is 6.42 Å². The van der Waals surface area contributed by atoms with Crippen molar-refractivity contribution in [3.8, 4) is 0 Å². The van der Waals surface area contributed by atoms with E-state index >= 15 is 0 Å². The van der Waals surface area contributed by atoms with Gasteiger partial charge in [-0.25, -0.2) is 22.7 Å². The Kier molecular flexibility index (Phi) is 4.47. The summed E-state index contributed by atoms with van der Waals surface area (Å²) in [5.41, 5.74) is -0.368. The number of benzene rings is 1. The normalized spacial score (nSPS) is 18.6. The zero-order valence-electron chi connectivity index (χ0n) is 11.8. The number of nitrogens with two attached hydrogens (primary N) is 1. The lowest BCUT2D eigenvalue weighted by molar-refractivity contribution is -0.117. The number of hydrogen-bond donors (Lipinski definition) is 1. The maximum absolute atomic E-state index is 14.4. The number of nitrogens with zero attached hydrogens (tertiary/aromatic N) is 1. The number of halogens is 1. The first-order valence-electron chi connectivity index (χ1n) is 6.40. The Morgan fingerprint density at radius 3 is 2.77 bits per heavy atom. The Balaban J connectivity index is 2.29. The first kappa shape index (κ1) is 16.4. The van der Waals surface area contributed by atoms with E-state index < -0.39 is 33.6 Å². The van der Waals surface area contributed by atoms with Crippen molar-refractivity contribution in [3.63, 3.8) is 0 Å². The highest BCUT2D eigenvalue weighted by molar-refractivity contribution is 7.89. The van der Waals surface area contributed by atoms with Gasteiger partial charge in [0.1, 0.15) is 0 Å². The molecule has 22 heavy (non-hydrogen) atoms. The van der Waals surface area contributed by atoms with Gasteiger partial charge in [-0.3, -0.25) is 4.79 Å². The number of amides is 1. The minimum Gasteiger partial charge on any atom is -0.465 e. The average Bonchev–Trinajstić information content (AvgIpc) is 2.76. The smallest absolute Gasteiger partial charge is 0.340 e. The van der Waals surface area contributed by atoms with Crippen LogP contribution in [0, 0.1) is 11.7 Å². The molecule has 2 N–H and O–H groups in total. The van der Waals surface area contributed by atoms with Gasteiger partial charge in [0.05, 0.1) is 24.1 Å². The van der Waals surface area contributed by atoms with Gasteiger partial charge in [-0.05, 0) is 12.1 Å². The first-order chi connectivity index (χ1) is 10.2. The molecule has 1 aliphatic heterocycles. The fraction of sp³-hybridized carbons (Fsp3) is 0.385. The Hall–Kier alpha value is -2.00. The van der Waals surface area contributed by atoms with E-state index in [9.17, 15) is 22.4 Å². The van der Waals surface area contributed by atoms with Crippen LogP contribution in [0.1, 0.15) is 16.8 Å². The third-order valence-electron chi connectivity index (χ3n) is 3.35. The van der Waals surface area contributed by atoms with Crippen molar-refractivity contribution < 1.29 is 27.1 Å². The molecule has 1 atom stereocenters. The van der Waals surface area contributed by atoms with Crippen LogP contribution in [0.5, 0.6) is 0 Å². The molecule has 1 fully saturated rings. The van der Waals surface area contributed by atoms with E-state index in [1.165, 1.54) is 18.2 Å². The average molecular weight is 330 g/mol. The summed E-state index contributed by atoms with van der Waals surface area (Å²) in [5.74, 6) is -3.02. The Labute approximate surface area is 126 Å². The molecular weight excluding hydrogens is 315 g/mol. The number of hydrogen-bond acceptors (Lipinski definition) is 5. The molecule has 120 valence electrons. The van der Waals surface area contributed by atoms with E-state index in [0.29, 0.717) is 0 Å². The standard InChI is InChI=1S/C13H15FN2O5S/c1-21-13(18)9-3-2-4-10(12(9)14)16-6-8(5-11(16)17)7-22(15,19)20/h2-4,8H,5-7H2,1H3,(H2,15,19,20). The highest BCUT2D eigenvalue weighted by atomic mass is 32.2. The molecule has 0 aliphatic carbocycles. The Morgan fingerprint density at radius 1 is 1.50 bits per heavy atom. The van der Waals surface area contributed by atoms with Crippen LogP contribution in [0.2, 0.25) is 0 Å². The van der Waals surface area contributed by atoms with Crippen molar-refractivity contribution in [2.75, 3.05) is 24.3 Å². The molecule has 1 aliphatic rings. The van der Waals surface area contributed by atoms with Crippen LogP contribution in [-0.4, -0.2) is 39.7 Å². The molecule has 1 aromatic rings. The number of rotatable bonds is 4. The molecular formula is C13H15FN2O5S. The number of primary sulfonamides is 1. The number of sulfonamides is 1. The minimum absolute atomic E-state index is 0.0246. The van der Waals surface area contributed by atoms with E-state index in [4.69, 9.17) is 5.14 Å². The van der Waals surface area contributed by atoms with Gasteiger partial charge in [0.15, 0.2) is 5.82 Å². The highest BCUT2D eigenvalue weighted by Gasteiger charge is 2.34. The zero-order valence-corrected chi connectivity index (χ0v) is 12.6. The van der Waals surface area contributed by atoms with E-state index in [1.54, 1.807) is 0 Å². The Morgan fingerprint density at radius 2 is 2.18 bits per heavy atom. The van der Waals surface area contributed by atoms with E-state index in [2.05, 4.69) is 4.74 Å². The van der Waals surface area contributed by atoms with Gasteiger partial charge >= 0.3 is 5.97 Å². The van der Waals surface area contributed by atoms with Crippen molar-refractivity contribution >= 4 is 27.6 Å². The van der Waals surface area contributed by atoms with Crippen LogP contribution in [0.4, 0.5) is 10.1 Å². The molecule has 0 spiro atoms. The maximum atomic E-state index is 14.4. The summed E-state index contributed by atoms with van der Waals surface area (Å²) in [6.45, 7) is 0.0246. The third kappa shape index (κ3) is 3.42. The number of methoxy groups -OCH3 is 1. The number of carbonyl (C=O) groups is 2. The second-order valence-corrected chi connectivity index (χ2v) is 6.69. The fourth-order valence-electron chi connectivity index (χ4n) is 2.45. The predicted octanol–water partition coefficient (Wildman–Crippen LogP) is 0.254. The topological polar surface area (TPSA) is 107 Å². The third-order valence-corrected chi connectivity index (χ3v) is 4.28. The summed E-state index contributed by atoms with van der Waals surface area (Å²) in [6.07, 6.45) is -0.0433. The van der Waals surface area contributed by atoms with Gasteiger partial charge in [-0.1, -0.05) is 6.07 Å². The van der Waals surface area contributed by atoms with Gasteiger partial charge in [0.25, 0.3) is 0 Å². The molecule has 9 heteroatoms. The van der Waals surface area contributed by atoms with Gasteiger partial charge < -0.3 is 9.64 Å². The van der Waals surface area contributed by atoms with Crippen LogP contribution < -0.4 is 10.0 Å². The molecule has 2 rings (SSSR count). The van der Waals surface area contributed by atoms with Gasteiger partial charge in [-0.2, -0.15) is 0 Å². The van der Waals surface area contributed by atoms with E-state index in [0.717, 1.165) is 12.0 Å². The number of esters is 1. The van der Waals surface area contributed by atoms with E-state index in [-0.39, 0.29) is 30.0 Å². The minimum atomic E-state index is -3.72. The predicted molar refractivity (Wildman–Crippen MR) is 76.2 cm³/mol. The van der Waals surface area contributed by atoms with Gasteiger partial charge in [-0.15, -0.1) is 0 Å². The summed E-state index contributed by atoms with van der Waals surface area (Å²) in [5, 5.41) is 4.96. The molecule has 1 amide bonds. The molecule has 0 aromatic heterocycles. The fourth-order valence-corrected chi connectivity index (χ4v) is 3.33. The second-order valence-electron chi connectivity index (χ2n) is 5.03. The van der Waals surface area contributed by atoms with Crippen LogP contribution in [0.25, 0.3) is 0 Å². The lowest BCUT2D eigenvalue weighted by Crippen LogP contribution is -2.28. The molecule has 1 heterocycles. The monoisotopic (exact) mass is 330 g/mol. The van der Waals surface area contributed by atoms with Crippen LogP contribution in [-0.2, 0) is 19.6 Å². The molecule has 0 radical (unpaired) electrons. The summed E-state index contributed by atoms with van der Waals surface area (Å²) in [6, 6.07) is 4.01. The first-order valence-corrected chi connectivity index (χ1v) is 8.12. The molecule has 0 bridgehead atoms.